The van der Waals surface area contributed by atoms with Gasteiger partial charge in [-0.15, -0.1) is 0 Å². The van der Waals surface area contributed by atoms with Crippen molar-refractivity contribution in [2.24, 2.45) is 0 Å². The van der Waals surface area contributed by atoms with Gasteiger partial charge in [0.05, 0.1) is 4.83 Å². The summed E-state index contributed by atoms with van der Waals surface area (Å²) in [6, 6.07) is 8.82. The number of halogens is 4. The van der Waals surface area contributed by atoms with Gasteiger partial charge < -0.3 is 0 Å². The van der Waals surface area contributed by atoms with Crippen molar-refractivity contribution in [2.75, 3.05) is 0 Å². The van der Waals surface area contributed by atoms with Crippen molar-refractivity contribution in [2.45, 2.75) is 18.7 Å². The monoisotopic (exact) mass is 404 g/mol. The average molecular weight is 407 g/mol. The predicted octanol–water partition coefficient (Wildman–Crippen LogP) is 6.34. The molecule has 4 heteroatoms. The summed E-state index contributed by atoms with van der Waals surface area (Å²) in [5.41, 5.74) is 3.69. The van der Waals surface area contributed by atoms with E-state index < -0.39 is 0 Å². The Labute approximate surface area is 134 Å². The van der Waals surface area contributed by atoms with E-state index in [-0.39, 0.29) is 10.6 Å². The van der Waals surface area contributed by atoms with Crippen molar-refractivity contribution in [3.63, 3.8) is 0 Å². The summed E-state index contributed by atoms with van der Waals surface area (Å²) in [4.78, 5) is -0.256. The summed E-state index contributed by atoms with van der Waals surface area (Å²) in [7, 11) is 0. The maximum atomic E-state index is 14.0. The predicted molar refractivity (Wildman–Crippen MR) is 85.8 cm³/mol. The summed E-state index contributed by atoms with van der Waals surface area (Å²) < 4.78 is 15.0. The largest absolute Gasteiger partial charge is 0.207 e. The van der Waals surface area contributed by atoms with Crippen LogP contribution in [0.1, 0.15) is 27.1 Å². The van der Waals surface area contributed by atoms with Crippen LogP contribution in [0.5, 0.6) is 0 Å². The Morgan fingerprint density at radius 1 is 1.16 bits per heavy atom. The van der Waals surface area contributed by atoms with Crippen LogP contribution in [0.3, 0.4) is 0 Å². The molecule has 2 aromatic rings. The fourth-order valence-corrected chi connectivity index (χ4v) is 3.80. The molecule has 1 atom stereocenters. The van der Waals surface area contributed by atoms with Crippen LogP contribution in [0, 0.1) is 19.7 Å². The van der Waals surface area contributed by atoms with E-state index in [0.717, 1.165) is 21.2 Å². The Morgan fingerprint density at radius 3 is 2.47 bits per heavy atom. The van der Waals surface area contributed by atoms with Crippen molar-refractivity contribution < 1.29 is 4.39 Å². The molecule has 0 aliphatic carbocycles. The minimum absolute atomic E-state index is 0.256. The summed E-state index contributed by atoms with van der Waals surface area (Å²) in [5, 5.41) is 0.432. The van der Waals surface area contributed by atoms with Crippen LogP contribution in [0.4, 0.5) is 4.39 Å². The normalized spacial score (nSPS) is 12.5. The smallest absolute Gasteiger partial charge is 0.129 e. The number of aryl methyl sites for hydroxylation is 2. The van der Waals surface area contributed by atoms with Crippen LogP contribution < -0.4 is 0 Å². The highest BCUT2D eigenvalue weighted by Gasteiger charge is 2.20. The van der Waals surface area contributed by atoms with Gasteiger partial charge in [-0.1, -0.05) is 55.6 Å². The van der Waals surface area contributed by atoms with Crippen molar-refractivity contribution in [3.8, 4) is 0 Å². The Balaban J connectivity index is 2.56. The minimum atomic E-state index is -0.297. The highest BCUT2D eigenvalue weighted by molar-refractivity contribution is 9.10. The highest BCUT2D eigenvalue weighted by atomic mass is 79.9. The van der Waals surface area contributed by atoms with Crippen LogP contribution in [0.15, 0.2) is 34.8 Å². The average Bonchev–Trinajstić information content (AvgIpc) is 2.33. The van der Waals surface area contributed by atoms with Gasteiger partial charge in [-0.2, -0.15) is 0 Å². The van der Waals surface area contributed by atoms with Crippen molar-refractivity contribution in [1.29, 1.82) is 0 Å². The lowest BCUT2D eigenvalue weighted by Gasteiger charge is -2.17. The van der Waals surface area contributed by atoms with Gasteiger partial charge in [-0.3, -0.25) is 0 Å². The molecule has 100 valence electrons. The van der Waals surface area contributed by atoms with E-state index in [9.17, 15) is 4.39 Å². The molecular weight excluding hydrogens is 394 g/mol. The summed E-state index contributed by atoms with van der Waals surface area (Å²) in [6.45, 7) is 4.01. The van der Waals surface area contributed by atoms with E-state index >= 15 is 0 Å². The summed E-state index contributed by atoms with van der Waals surface area (Å²) in [5.74, 6) is -0.297. The zero-order valence-corrected chi connectivity index (χ0v) is 14.4. The molecule has 0 spiro atoms. The molecule has 0 radical (unpaired) electrons. The molecule has 2 rings (SSSR count). The molecule has 0 aliphatic heterocycles. The molecule has 2 aromatic carbocycles. The van der Waals surface area contributed by atoms with Crippen LogP contribution in [0.2, 0.25) is 5.02 Å². The minimum Gasteiger partial charge on any atom is -0.207 e. The second-order valence-corrected chi connectivity index (χ2v) is 6.63. The molecule has 0 saturated carbocycles. The molecule has 0 amide bonds. The van der Waals surface area contributed by atoms with Gasteiger partial charge in [0, 0.05) is 15.1 Å². The summed E-state index contributed by atoms with van der Waals surface area (Å²) >= 11 is 13.2. The quantitative estimate of drug-likeness (QED) is 0.510. The molecule has 1 unspecified atom stereocenters. The van der Waals surface area contributed by atoms with Crippen molar-refractivity contribution in [1.82, 2.24) is 0 Å². The van der Waals surface area contributed by atoms with Gasteiger partial charge in [0.1, 0.15) is 5.82 Å². The molecule has 0 aliphatic rings. The molecule has 19 heavy (non-hydrogen) atoms. The van der Waals surface area contributed by atoms with E-state index in [4.69, 9.17) is 11.6 Å². The van der Waals surface area contributed by atoms with E-state index in [0.29, 0.717) is 10.6 Å². The standard InChI is InChI=1S/C15H12Br2ClF/c1-8-7-11(16)9(2)6-10(8)15(17)14-12(18)4-3-5-13(14)19/h3-7,15H,1-2H3. The number of alkyl halides is 1. The Hall–Kier alpha value is -0.380. The molecule has 0 nitrogen and oxygen atoms in total. The molecule has 0 aromatic heterocycles. The highest BCUT2D eigenvalue weighted by Crippen LogP contribution is 2.39. The van der Waals surface area contributed by atoms with Gasteiger partial charge in [-0.25, -0.2) is 4.39 Å². The maximum absolute atomic E-state index is 14.0. The lowest BCUT2D eigenvalue weighted by Crippen LogP contribution is -2.01. The topological polar surface area (TPSA) is 0 Å². The first-order valence-electron chi connectivity index (χ1n) is 5.76. The number of benzene rings is 2. The fraction of sp³-hybridized carbons (Fsp3) is 0.200. The third kappa shape index (κ3) is 3.04. The molecule has 0 saturated heterocycles. The van der Waals surface area contributed by atoms with Gasteiger partial charge in [-0.05, 0) is 48.7 Å². The van der Waals surface area contributed by atoms with Crippen LogP contribution in [0.25, 0.3) is 0 Å². The fourth-order valence-electron chi connectivity index (χ4n) is 1.98. The van der Waals surface area contributed by atoms with Crippen LogP contribution >= 0.6 is 43.5 Å². The zero-order chi connectivity index (χ0) is 14.2. The first-order valence-corrected chi connectivity index (χ1v) is 7.85. The first kappa shape index (κ1) is 15.0. The second-order valence-electron chi connectivity index (χ2n) is 4.46. The van der Waals surface area contributed by atoms with Gasteiger partial charge in [0.2, 0.25) is 0 Å². The molecule has 0 bridgehead atoms. The van der Waals surface area contributed by atoms with Crippen molar-refractivity contribution in [3.05, 3.63) is 67.9 Å². The van der Waals surface area contributed by atoms with Gasteiger partial charge >= 0.3 is 0 Å². The van der Waals surface area contributed by atoms with E-state index in [2.05, 4.69) is 31.9 Å². The number of rotatable bonds is 2. The number of hydrogen-bond donors (Lipinski definition) is 0. The second kappa shape index (κ2) is 5.94. The van der Waals surface area contributed by atoms with E-state index in [1.807, 2.05) is 26.0 Å². The molecule has 0 N–H and O–H groups in total. The third-order valence-electron chi connectivity index (χ3n) is 3.07. The Kier molecular flexibility index (Phi) is 4.70. The van der Waals surface area contributed by atoms with Crippen LogP contribution in [-0.4, -0.2) is 0 Å². The molecular formula is C15H12Br2ClF. The Bertz CT molecular complexity index is 606. The third-order valence-corrected chi connectivity index (χ3v) is 5.21. The van der Waals surface area contributed by atoms with Gasteiger partial charge in [0.25, 0.3) is 0 Å². The maximum Gasteiger partial charge on any atom is 0.129 e. The first-order chi connectivity index (χ1) is 8.91. The zero-order valence-electron chi connectivity index (χ0n) is 10.5. The summed E-state index contributed by atoms with van der Waals surface area (Å²) in [6.07, 6.45) is 0. The lowest BCUT2D eigenvalue weighted by atomic mass is 9.98. The number of hydrogen-bond acceptors (Lipinski definition) is 0. The SMILES string of the molecule is Cc1cc(C(Br)c2c(F)cccc2Cl)c(C)cc1Br. The Morgan fingerprint density at radius 2 is 1.84 bits per heavy atom. The lowest BCUT2D eigenvalue weighted by molar-refractivity contribution is 0.613. The molecule has 0 heterocycles. The van der Waals surface area contributed by atoms with Crippen molar-refractivity contribution >= 4 is 43.5 Å². The van der Waals surface area contributed by atoms with Crippen LogP contribution in [-0.2, 0) is 0 Å². The van der Waals surface area contributed by atoms with E-state index in [1.54, 1.807) is 12.1 Å². The van der Waals surface area contributed by atoms with Gasteiger partial charge in [0.15, 0.2) is 0 Å². The molecule has 0 fully saturated rings. The van der Waals surface area contributed by atoms with E-state index in [1.165, 1.54) is 6.07 Å².